The molecule has 1 aliphatic rings. The fourth-order valence-electron chi connectivity index (χ4n) is 2.37. The molecule has 0 aromatic carbocycles. The first kappa shape index (κ1) is 19.9. The molecule has 0 radical (unpaired) electrons. The van der Waals surface area contributed by atoms with Crippen molar-refractivity contribution < 1.29 is 9.53 Å². The SMILES string of the molecule is CN=C(NCc1ncc(C)s1)NC1CCN(C(=O)OC)CC1.I. The fraction of sp³-hybridized carbons (Fsp3) is 0.643. The van der Waals surface area contributed by atoms with Gasteiger partial charge < -0.3 is 20.3 Å². The molecule has 23 heavy (non-hydrogen) atoms. The predicted octanol–water partition coefficient (Wildman–Crippen LogP) is 1.97. The van der Waals surface area contributed by atoms with E-state index in [4.69, 9.17) is 4.74 Å². The number of nitrogens with zero attached hydrogens (tertiary/aromatic N) is 3. The average molecular weight is 453 g/mol. The number of likely N-dealkylation sites (tertiary alicyclic amines) is 1. The molecule has 1 fully saturated rings. The molecule has 1 aromatic rings. The molecule has 1 aliphatic heterocycles. The van der Waals surface area contributed by atoms with Crippen LogP contribution in [0.5, 0.6) is 0 Å². The maximum atomic E-state index is 11.5. The van der Waals surface area contributed by atoms with Gasteiger partial charge in [-0.05, 0) is 19.8 Å². The second-order valence-electron chi connectivity index (χ2n) is 5.17. The number of amides is 1. The molecule has 130 valence electrons. The number of methoxy groups -OCH3 is 1. The third kappa shape index (κ3) is 6.13. The highest BCUT2D eigenvalue weighted by Gasteiger charge is 2.23. The lowest BCUT2D eigenvalue weighted by atomic mass is 10.1. The summed E-state index contributed by atoms with van der Waals surface area (Å²) < 4.78 is 4.74. The van der Waals surface area contributed by atoms with Gasteiger partial charge in [-0.1, -0.05) is 0 Å². The number of aryl methyl sites for hydroxylation is 1. The Hall–Kier alpha value is -1.10. The first-order valence-corrected chi connectivity index (χ1v) is 8.15. The van der Waals surface area contributed by atoms with Crippen LogP contribution in [0.3, 0.4) is 0 Å². The van der Waals surface area contributed by atoms with Crippen LogP contribution in [-0.4, -0.2) is 55.2 Å². The third-order valence-corrected chi connectivity index (χ3v) is 4.48. The number of thiazole rings is 1. The minimum absolute atomic E-state index is 0. The zero-order valence-electron chi connectivity index (χ0n) is 13.7. The lowest BCUT2D eigenvalue weighted by Crippen LogP contribution is -2.49. The second kappa shape index (κ2) is 9.91. The summed E-state index contributed by atoms with van der Waals surface area (Å²) in [6.45, 7) is 4.11. The molecule has 1 aromatic heterocycles. The van der Waals surface area contributed by atoms with Gasteiger partial charge in [-0.25, -0.2) is 9.78 Å². The Morgan fingerprint density at radius 3 is 2.74 bits per heavy atom. The Morgan fingerprint density at radius 1 is 1.52 bits per heavy atom. The third-order valence-electron chi connectivity index (χ3n) is 3.57. The lowest BCUT2D eigenvalue weighted by Gasteiger charge is -2.32. The number of aliphatic imine (C=N–C) groups is 1. The van der Waals surface area contributed by atoms with E-state index in [0.29, 0.717) is 25.7 Å². The summed E-state index contributed by atoms with van der Waals surface area (Å²) in [4.78, 5) is 23.0. The summed E-state index contributed by atoms with van der Waals surface area (Å²) in [5, 5.41) is 7.71. The van der Waals surface area contributed by atoms with Crippen molar-refractivity contribution in [2.45, 2.75) is 32.4 Å². The molecule has 0 unspecified atom stereocenters. The van der Waals surface area contributed by atoms with Crippen molar-refractivity contribution in [3.05, 3.63) is 16.1 Å². The largest absolute Gasteiger partial charge is 0.453 e. The summed E-state index contributed by atoms with van der Waals surface area (Å²) in [6, 6.07) is 0.310. The van der Waals surface area contributed by atoms with Gasteiger partial charge in [0.25, 0.3) is 0 Å². The summed E-state index contributed by atoms with van der Waals surface area (Å²) in [7, 11) is 3.17. The Morgan fingerprint density at radius 2 is 2.22 bits per heavy atom. The number of ether oxygens (including phenoxy) is 1. The zero-order valence-corrected chi connectivity index (χ0v) is 16.8. The molecule has 0 bridgehead atoms. The molecule has 0 atom stereocenters. The van der Waals surface area contributed by atoms with Crippen molar-refractivity contribution in [2.75, 3.05) is 27.2 Å². The minimum Gasteiger partial charge on any atom is -0.453 e. The van der Waals surface area contributed by atoms with Gasteiger partial charge in [0.15, 0.2) is 5.96 Å². The van der Waals surface area contributed by atoms with Gasteiger partial charge in [0.1, 0.15) is 5.01 Å². The normalized spacial score (nSPS) is 15.8. The number of hydrogen-bond donors (Lipinski definition) is 2. The molecule has 2 heterocycles. The number of hydrogen-bond acceptors (Lipinski definition) is 5. The number of carbonyl (C=O) groups is 1. The van der Waals surface area contributed by atoms with Crippen molar-refractivity contribution in [3.63, 3.8) is 0 Å². The van der Waals surface area contributed by atoms with Crippen LogP contribution in [0.15, 0.2) is 11.2 Å². The van der Waals surface area contributed by atoms with Crippen molar-refractivity contribution in [2.24, 2.45) is 4.99 Å². The number of piperidine rings is 1. The molecule has 9 heteroatoms. The quantitative estimate of drug-likeness (QED) is 0.416. The zero-order chi connectivity index (χ0) is 15.9. The van der Waals surface area contributed by atoms with Crippen LogP contribution in [0.25, 0.3) is 0 Å². The van der Waals surface area contributed by atoms with Gasteiger partial charge in [-0.15, -0.1) is 35.3 Å². The van der Waals surface area contributed by atoms with Gasteiger partial charge >= 0.3 is 6.09 Å². The van der Waals surface area contributed by atoms with Crippen molar-refractivity contribution in [1.82, 2.24) is 20.5 Å². The van der Waals surface area contributed by atoms with Crippen molar-refractivity contribution in [1.29, 1.82) is 0 Å². The van der Waals surface area contributed by atoms with E-state index in [-0.39, 0.29) is 30.1 Å². The van der Waals surface area contributed by atoms with E-state index in [1.54, 1.807) is 23.3 Å². The van der Waals surface area contributed by atoms with Crippen LogP contribution < -0.4 is 10.6 Å². The monoisotopic (exact) mass is 453 g/mol. The Balaban J connectivity index is 0.00000264. The molecule has 2 N–H and O–H groups in total. The fourth-order valence-corrected chi connectivity index (χ4v) is 3.09. The smallest absolute Gasteiger partial charge is 0.409 e. The predicted molar refractivity (Wildman–Crippen MR) is 103 cm³/mol. The molecular formula is C14H24IN5O2S. The molecule has 2 rings (SSSR count). The van der Waals surface area contributed by atoms with Gasteiger partial charge in [-0.3, -0.25) is 4.99 Å². The lowest BCUT2D eigenvalue weighted by molar-refractivity contribution is 0.111. The number of rotatable bonds is 3. The van der Waals surface area contributed by atoms with Crippen LogP contribution in [0.1, 0.15) is 22.7 Å². The Labute approximate surface area is 157 Å². The van der Waals surface area contributed by atoms with Gasteiger partial charge in [0.2, 0.25) is 0 Å². The summed E-state index contributed by atoms with van der Waals surface area (Å²) in [5.74, 6) is 0.768. The van der Waals surface area contributed by atoms with Crippen LogP contribution in [0.2, 0.25) is 0 Å². The molecule has 1 saturated heterocycles. The van der Waals surface area contributed by atoms with Crippen LogP contribution in [0, 0.1) is 6.92 Å². The Bertz CT molecular complexity index is 529. The summed E-state index contributed by atoms with van der Waals surface area (Å²) >= 11 is 1.68. The van der Waals surface area contributed by atoms with Gasteiger partial charge in [-0.2, -0.15) is 0 Å². The van der Waals surface area contributed by atoms with Crippen molar-refractivity contribution in [3.8, 4) is 0 Å². The highest BCUT2D eigenvalue weighted by atomic mass is 127. The molecule has 1 amide bonds. The number of guanidine groups is 1. The number of halogens is 1. The first-order valence-electron chi connectivity index (χ1n) is 7.33. The summed E-state index contributed by atoms with van der Waals surface area (Å²) in [6.07, 6.45) is 3.39. The van der Waals surface area contributed by atoms with E-state index in [2.05, 4.69) is 20.6 Å². The number of aromatic nitrogens is 1. The van der Waals surface area contributed by atoms with E-state index in [0.717, 1.165) is 23.8 Å². The maximum absolute atomic E-state index is 11.5. The minimum atomic E-state index is -0.250. The second-order valence-corrected chi connectivity index (χ2v) is 6.49. The van der Waals surface area contributed by atoms with Crippen LogP contribution >= 0.6 is 35.3 Å². The van der Waals surface area contributed by atoms with Crippen LogP contribution in [-0.2, 0) is 11.3 Å². The Kier molecular flexibility index (Phi) is 8.59. The maximum Gasteiger partial charge on any atom is 0.409 e. The molecule has 0 spiro atoms. The highest BCUT2D eigenvalue weighted by Crippen LogP contribution is 2.12. The molecule has 0 saturated carbocycles. The molecular weight excluding hydrogens is 429 g/mol. The molecule has 0 aliphatic carbocycles. The number of nitrogens with one attached hydrogen (secondary N) is 2. The highest BCUT2D eigenvalue weighted by molar-refractivity contribution is 14.0. The standard InChI is InChI=1S/C14H23N5O2S.HI/c1-10-8-16-12(22-10)9-17-13(15-2)18-11-4-6-19(7-5-11)14(20)21-3;/h8,11H,4-7,9H2,1-3H3,(H2,15,17,18);1H. The van der Waals surface area contributed by atoms with E-state index < -0.39 is 0 Å². The number of carbonyl (C=O) groups excluding carboxylic acids is 1. The average Bonchev–Trinajstić information content (AvgIpc) is 2.96. The van der Waals surface area contributed by atoms with Gasteiger partial charge in [0.05, 0.1) is 13.7 Å². The van der Waals surface area contributed by atoms with E-state index in [9.17, 15) is 4.79 Å². The first-order chi connectivity index (χ1) is 10.6. The van der Waals surface area contributed by atoms with E-state index in [1.165, 1.54) is 12.0 Å². The summed E-state index contributed by atoms with van der Waals surface area (Å²) in [5.41, 5.74) is 0. The van der Waals surface area contributed by atoms with Gasteiger partial charge in [0, 0.05) is 37.3 Å². The van der Waals surface area contributed by atoms with E-state index >= 15 is 0 Å². The van der Waals surface area contributed by atoms with Crippen molar-refractivity contribution >= 4 is 47.4 Å². The topological polar surface area (TPSA) is 78.9 Å². The van der Waals surface area contributed by atoms with E-state index in [1.807, 2.05) is 13.1 Å². The molecule has 7 nitrogen and oxygen atoms in total. The van der Waals surface area contributed by atoms with Crippen LogP contribution in [0.4, 0.5) is 4.79 Å².